The summed E-state index contributed by atoms with van der Waals surface area (Å²) in [5, 5.41) is 15.1. The molecule has 2 nitrogen and oxygen atoms in total. The number of halogens is 1. The van der Waals surface area contributed by atoms with Gasteiger partial charge >= 0.3 is 0 Å². The standard InChI is InChI=1S/C7H7ClN2S/c1-11-5-3-2-4(8)6(9)7(5)10/h2-3,9-10H,1H3. The SMILES string of the molecule is CSC1=CC=C(Cl)C(=N)C1=N. The fourth-order valence-electron chi connectivity index (χ4n) is 0.728. The molecular formula is C7H7ClN2S. The van der Waals surface area contributed by atoms with E-state index < -0.39 is 0 Å². The third kappa shape index (κ3) is 1.54. The van der Waals surface area contributed by atoms with Crippen LogP contribution in [0.1, 0.15) is 0 Å². The molecule has 4 heteroatoms. The fourth-order valence-corrected chi connectivity index (χ4v) is 1.40. The molecule has 0 fully saturated rings. The van der Waals surface area contributed by atoms with Crippen molar-refractivity contribution in [2.24, 2.45) is 0 Å². The smallest absolute Gasteiger partial charge is 0.0987 e. The van der Waals surface area contributed by atoms with Gasteiger partial charge in [-0.3, -0.25) is 10.8 Å². The average molecular weight is 187 g/mol. The largest absolute Gasteiger partial charge is 0.297 e. The van der Waals surface area contributed by atoms with Crippen molar-refractivity contribution in [1.29, 1.82) is 10.8 Å². The predicted molar refractivity (Wildman–Crippen MR) is 51.0 cm³/mol. The Morgan fingerprint density at radius 2 is 1.91 bits per heavy atom. The Hall–Kier alpha value is -0.540. The lowest BCUT2D eigenvalue weighted by molar-refractivity contribution is 1.48. The van der Waals surface area contributed by atoms with Crippen LogP contribution < -0.4 is 0 Å². The summed E-state index contributed by atoms with van der Waals surface area (Å²) in [7, 11) is 0. The highest BCUT2D eigenvalue weighted by Crippen LogP contribution is 2.21. The fraction of sp³-hybridized carbons (Fsp3) is 0.143. The van der Waals surface area contributed by atoms with E-state index in [1.54, 1.807) is 12.2 Å². The van der Waals surface area contributed by atoms with E-state index in [2.05, 4.69) is 0 Å². The van der Waals surface area contributed by atoms with Crippen LogP contribution in [0.25, 0.3) is 0 Å². The monoisotopic (exact) mass is 186 g/mol. The van der Waals surface area contributed by atoms with Gasteiger partial charge in [0.05, 0.1) is 16.5 Å². The van der Waals surface area contributed by atoms with Crippen LogP contribution in [0, 0.1) is 10.8 Å². The van der Waals surface area contributed by atoms with E-state index in [1.807, 2.05) is 6.26 Å². The van der Waals surface area contributed by atoms with Crippen LogP contribution in [0.15, 0.2) is 22.1 Å². The molecule has 0 aromatic rings. The first-order chi connectivity index (χ1) is 5.16. The maximum absolute atomic E-state index is 7.44. The van der Waals surface area contributed by atoms with Gasteiger partial charge in [0, 0.05) is 4.91 Å². The van der Waals surface area contributed by atoms with E-state index in [0.717, 1.165) is 4.91 Å². The third-order valence-electron chi connectivity index (χ3n) is 1.34. The molecule has 0 amide bonds. The number of allylic oxidation sites excluding steroid dienone is 4. The first-order valence-corrected chi connectivity index (χ1v) is 4.56. The molecule has 1 aliphatic carbocycles. The highest BCUT2D eigenvalue weighted by Gasteiger charge is 2.16. The minimum Gasteiger partial charge on any atom is -0.297 e. The first kappa shape index (κ1) is 8.56. The van der Waals surface area contributed by atoms with Gasteiger partial charge in [-0.05, 0) is 18.4 Å². The average Bonchev–Trinajstić information content (AvgIpc) is 2.01. The lowest BCUT2D eigenvalue weighted by atomic mass is 10.1. The number of rotatable bonds is 1. The van der Waals surface area contributed by atoms with E-state index in [0.29, 0.717) is 5.03 Å². The van der Waals surface area contributed by atoms with Crippen molar-refractivity contribution in [3.05, 3.63) is 22.1 Å². The molecule has 0 aliphatic heterocycles. The molecular weight excluding hydrogens is 180 g/mol. The van der Waals surface area contributed by atoms with Gasteiger partial charge in [-0.1, -0.05) is 11.6 Å². The summed E-state index contributed by atoms with van der Waals surface area (Å²) in [4.78, 5) is 0.791. The zero-order valence-corrected chi connectivity index (χ0v) is 7.51. The van der Waals surface area contributed by atoms with Crippen molar-refractivity contribution in [3.63, 3.8) is 0 Å². The summed E-state index contributed by atoms with van der Waals surface area (Å²) < 4.78 is 0. The highest BCUT2D eigenvalue weighted by molar-refractivity contribution is 8.03. The summed E-state index contributed by atoms with van der Waals surface area (Å²) in [6.45, 7) is 0. The molecule has 1 rings (SSSR count). The Bertz CT molecular complexity index is 278. The zero-order chi connectivity index (χ0) is 8.43. The maximum atomic E-state index is 7.44. The van der Waals surface area contributed by atoms with E-state index in [1.165, 1.54) is 11.8 Å². The van der Waals surface area contributed by atoms with Crippen molar-refractivity contribution in [2.45, 2.75) is 0 Å². The molecule has 1 aliphatic rings. The molecule has 0 aromatic heterocycles. The Morgan fingerprint density at radius 3 is 2.45 bits per heavy atom. The van der Waals surface area contributed by atoms with Crippen LogP contribution in [0.5, 0.6) is 0 Å². The van der Waals surface area contributed by atoms with Gasteiger partial charge in [0.2, 0.25) is 0 Å². The minimum absolute atomic E-state index is 0.110. The normalized spacial score (nSPS) is 18.0. The molecule has 0 saturated carbocycles. The van der Waals surface area contributed by atoms with Crippen LogP contribution >= 0.6 is 23.4 Å². The summed E-state index contributed by atoms with van der Waals surface area (Å²) in [6, 6.07) is 0. The molecule has 0 bridgehead atoms. The molecule has 0 unspecified atom stereocenters. The van der Waals surface area contributed by atoms with Crippen molar-refractivity contribution in [2.75, 3.05) is 6.26 Å². The van der Waals surface area contributed by atoms with Gasteiger partial charge in [-0.25, -0.2) is 0 Å². The molecule has 11 heavy (non-hydrogen) atoms. The lowest BCUT2D eigenvalue weighted by Crippen LogP contribution is -2.15. The van der Waals surface area contributed by atoms with Crippen LogP contribution in [-0.2, 0) is 0 Å². The van der Waals surface area contributed by atoms with Crippen LogP contribution in [0.3, 0.4) is 0 Å². The molecule has 0 spiro atoms. The van der Waals surface area contributed by atoms with Crippen molar-refractivity contribution >= 4 is 34.8 Å². The Labute approximate surface area is 74.3 Å². The molecule has 0 atom stereocenters. The maximum Gasteiger partial charge on any atom is 0.0987 e. The Balaban J connectivity index is 3.03. The van der Waals surface area contributed by atoms with Crippen LogP contribution in [0.2, 0.25) is 0 Å². The number of nitrogens with one attached hydrogen (secondary N) is 2. The molecule has 0 radical (unpaired) electrons. The van der Waals surface area contributed by atoms with Gasteiger partial charge in [0.25, 0.3) is 0 Å². The quantitative estimate of drug-likeness (QED) is 0.607. The summed E-state index contributed by atoms with van der Waals surface area (Å²) in [5.41, 5.74) is 0.323. The van der Waals surface area contributed by atoms with Crippen LogP contribution in [-0.4, -0.2) is 17.7 Å². The predicted octanol–water partition coefficient (Wildman–Crippen LogP) is 2.41. The number of thioether (sulfide) groups is 1. The van der Waals surface area contributed by atoms with E-state index in [4.69, 9.17) is 22.4 Å². The molecule has 0 saturated heterocycles. The number of hydrogen-bond donors (Lipinski definition) is 2. The first-order valence-electron chi connectivity index (χ1n) is 2.96. The molecule has 58 valence electrons. The van der Waals surface area contributed by atoms with Gasteiger partial charge < -0.3 is 0 Å². The van der Waals surface area contributed by atoms with Gasteiger partial charge in [-0.2, -0.15) is 0 Å². The summed E-state index contributed by atoms with van der Waals surface area (Å²) in [6.07, 6.45) is 5.28. The van der Waals surface area contributed by atoms with E-state index in [9.17, 15) is 0 Å². The molecule has 0 heterocycles. The zero-order valence-electron chi connectivity index (χ0n) is 5.94. The van der Waals surface area contributed by atoms with Gasteiger partial charge in [0.1, 0.15) is 0 Å². The van der Waals surface area contributed by atoms with Crippen molar-refractivity contribution in [3.8, 4) is 0 Å². The van der Waals surface area contributed by atoms with Gasteiger partial charge in [-0.15, -0.1) is 11.8 Å². The summed E-state index contributed by atoms with van der Waals surface area (Å²) >= 11 is 7.08. The second-order valence-electron chi connectivity index (χ2n) is 2.00. The van der Waals surface area contributed by atoms with E-state index in [-0.39, 0.29) is 11.4 Å². The Morgan fingerprint density at radius 1 is 1.27 bits per heavy atom. The van der Waals surface area contributed by atoms with Crippen LogP contribution in [0.4, 0.5) is 0 Å². The summed E-state index contributed by atoms with van der Waals surface area (Å²) in [5.74, 6) is 0. The lowest BCUT2D eigenvalue weighted by Gasteiger charge is -2.10. The minimum atomic E-state index is 0.110. The third-order valence-corrected chi connectivity index (χ3v) is 2.43. The molecule has 2 N–H and O–H groups in total. The second-order valence-corrected chi connectivity index (χ2v) is 3.25. The topological polar surface area (TPSA) is 47.7 Å². The highest BCUT2D eigenvalue weighted by atomic mass is 35.5. The number of hydrogen-bond acceptors (Lipinski definition) is 3. The Kier molecular flexibility index (Phi) is 2.52. The second kappa shape index (κ2) is 3.24. The van der Waals surface area contributed by atoms with Gasteiger partial charge in [0.15, 0.2) is 0 Å². The van der Waals surface area contributed by atoms with E-state index >= 15 is 0 Å². The van der Waals surface area contributed by atoms with Crippen molar-refractivity contribution < 1.29 is 0 Å². The molecule has 0 aromatic carbocycles. The van der Waals surface area contributed by atoms with Crippen molar-refractivity contribution in [1.82, 2.24) is 0 Å².